The monoisotopic (exact) mass is 685 g/mol. The van der Waals surface area contributed by atoms with Crippen molar-refractivity contribution in [3.63, 3.8) is 0 Å². The van der Waals surface area contributed by atoms with Gasteiger partial charge in [0.2, 0.25) is 5.95 Å². The van der Waals surface area contributed by atoms with Crippen LogP contribution in [0, 0.1) is 5.95 Å². The molecule has 9 rings (SSSR count). The highest BCUT2D eigenvalue weighted by Gasteiger charge is 2.39. The molecule has 1 aliphatic carbocycles. The first kappa shape index (κ1) is 31.6. The molecule has 6 heterocycles. The van der Waals surface area contributed by atoms with Gasteiger partial charge in [-0.2, -0.15) is 4.39 Å². The molecule has 2 N–H and O–H groups in total. The number of imidazole rings is 1. The Labute approximate surface area is 281 Å². The first-order valence-electron chi connectivity index (χ1n) is 16.1. The summed E-state index contributed by atoms with van der Waals surface area (Å²) in [5.41, 5.74) is 8.55. The number of benzene rings is 2. The number of methoxy groups -OCH3 is 1. The molecule has 0 saturated heterocycles. The zero-order valence-electron chi connectivity index (χ0n) is 27.5. The van der Waals surface area contributed by atoms with Crippen molar-refractivity contribution in [2.75, 3.05) is 13.7 Å². The third-order valence-corrected chi connectivity index (χ3v) is 12.1. The number of pyridine rings is 1. The molecular formula is C35H36FN7O5S. The van der Waals surface area contributed by atoms with Gasteiger partial charge < -0.3 is 15.2 Å². The van der Waals surface area contributed by atoms with Crippen LogP contribution < -0.4 is 11.4 Å². The molecule has 4 atom stereocenters. The van der Waals surface area contributed by atoms with Crippen molar-refractivity contribution >= 4 is 32.1 Å². The molecule has 4 aromatic heterocycles. The second kappa shape index (κ2) is 11.2. The minimum atomic E-state index is -4.39. The molecule has 0 radical (unpaired) electrons. The van der Waals surface area contributed by atoms with Crippen LogP contribution in [0.2, 0.25) is 0 Å². The molecule has 4 bridgehead atoms. The number of ether oxygens (including phenoxy) is 2. The van der Waals surface area contributed by atoms with E-state index in [1.807, 2.05) is 31.2 Å². The highest BCUT2D eigenvalue weighted by Crippen LogP contribution is 2.47. The van der Waals surface area contributed by atoms with Crippen LogP contribution in [0.1, 0.15) is 37.8 Å². The number of halogens is 1. The number of nitrogens with two attached hydrogens (primary N) is 1. The van der Waals surface area contributed by atoms with Gasteiger partial charge in [0.15, 0.2) is 5.65 Å². The second-order valence-corrected chi connectivity index (χ2v) is 15.0. The summed E-state index contributed by atoms with van der Waals surface area (Å²) in [6.07, 6.45) is 4.11. The van der Waals surface area contributed by atoms with Gasteiger partial charge in [0.1, 0.15) is 0 Å². The Bertz CT molecular complexity index is 2430. The Morgan fingerprint density at radius 3 is 2.49 bits per heavy atom. The van der Waals surface area contributed by atoms with Crippen LogP contribution in [0.3, 0.4) is 0 Å². The lowest BCUT2D eigenvalue weighted by Crippen LogP contribution is -2.33. The minimum Gasteiger partial charge on any atom is -0.376 e. The van der Waals surface area contributed by atoms with Gasteiger partial charge in [0, 0.05) is 51.5 Å². The van der Waals surface area contributed by atoms with E-state index in [9.17, 15) is 13.2 Å². The maximum Gasteiger partial charge on any atom is 0.329 e. The van der Waals surface area contributed by atoms with Gasteiger partial charge in [-0.1, -0.05) is 42.5 Å². The van der Waals surface area contributed by atoms with Gasteiger partial charge in [-0.15, -0.1) is 5.10 Å². The topological polar surface area (TPSA) is 141 Å². The number of aromatic nitrogens is 6. The van der Waals surface area contributed by atoms with E-state index >= 15 is 4.39 Å². The first-order valence-corrected chi connectivity index (χ1v) is 17.6. The molecule has 1 fully saturated rings. The number of nitrogens with zero attached hydrogens (tertiary/aromatic N) is 6. The van der Waals surface area contributed by atoms with Gasteiger partial charge in [-0.3, -0.25) is 13.8 Å². The van der Waals surface area contributed by atoms with Crippen molar-refractivity contribution < 1.29 is 22.3 Å². The Hall–Kier alpha value is -4.63. The van der Waals surface area contributed by atoms with Crippen LogP contribution >= 0.6 is 0 Å². The highest BCUT2D eigenvalue weighted by atomic mass is 32.2. The summed E-state index contributed by atoms with van der Waals surface area (Å²) in [6, 6.07) is 14.8. The standard InChI is InChI=1S/C35H36FN7O5S/c1-35(47-4)14-15-48-27-17-22(16-25(27)37)42-31-26(41(3)34(42)44)18-38-33-29(31)28(20-10-12-21(35)13-11-20)30(24-19-40(2)39-32(24)36)43(33)49(45,46)23-8-6-5-7-9-23/h5-13,18-19,22,25,27H,14-17,37H2,1-4H3/t22-,25-,27+,35?/m0/s1. The molecule has 3 aliphatic rings. The van der Waals surface area contributed by atoms with E-state index in [4.69, 9.17) is 20.2 Å². The Morgan fingerprint density at radius 1 is 1.08 bits per heavy atom. The Kier molecular flexibility index (Phi) is 7.23. The normalized spacial score (nSPS) is 22.7. The van der Waals surface area contributed by atoms with E-state index < -0.39 is 21.6 Å². The van der Waals surface area contributed by atoms with Crippen LogP contribution in [-0.2, 0) is 39.2 Å². The highest BCUT2D eigenvalue weighted by molar-refractivity contribution is 7.90. The smallest absolute Gasteiger partial charge is 0.329 e. The molecule has 1 saturated carbocycles. The van der Waals surface area contributed by atoms with Crippen molar-refractivity contribution in [2.24, 2.45) is 19.8 Å². The van der Waals surface area contributed by atoms with Crippen LogP contribution in [0.15, 0.2) is 76.7 Å². The van der Waals surface area contributed by atoms with Gasteiger partial charge in [0.05, 0.1) is 57.1 Å². The van der Waals surface area contributed by atoms with E-state index in [1.165, 1.54) is 33.8 Å². The summed E-state index contributed by atoms with van der Waals surface area (Å²) in [7, 11) is 0.486. The fourth-order valence-electron chi connectivity index (χ4n) is 7.62. The molecule has 2 aromatic carbocycles. The molecule has 0 amide bonds. The summed E-state index contributed by atoms with van der Waals surface area (Å²) < 4.78 is 63.4. The zero-order valence-corrected chi connectivity index (χ0v) is 28.3. The van der Waals surface area contributed by atoms with E-state index in [0.717, 1.165) is 9.54 Å². The van der Waals surface area contributed by atoms with Crippen LogP contribution in [0.25, 0.3) is 44.5 Å². The molecule has 6 aromatic rings. The van der Waals surface area contributed by atoms with E-state index in [1.54, 1.807) is 44.0 Å². The molecule has 0 spiro atoms. The van der Waals surface area contributed by atoms with Crippen molar-refractivity contribution in [1.82, 2.24) is 27.9 Å². The number of fused-ring (bicyclic) bond motifs is 5. The number of hydrogen-bond acceptors (Lipinski definition) is 8. The number of aryl methyl sites for hydroxylation is 2. The minimum absolute atomic E-state index is 0.00791. The number of rotatable bonds is 4. The van der Waals surface area contributed by atoms with Crippen LogP contribution in [0.4, 0.5) is 4.39 Å². The summed E-state index contributed by atoms with van der Waals surface area (Å²) in [6.45, 7) is 2.38. The van der Waals surface area contributed by atoms with Gasteiger partial charge >= 0.3 is 5.69 Å². The van der Waals surface area contributed by atoms with E-state index in [2.05, 4.69) is 5.10 Å². The van der Waals surface area contributed by atoms with E-state index in [-0.39, 0.29) is 45.7 Å². The molecular weight excluding hydrogens is 649 g/mol. The molecule has 49 heavy (non-hydrogen) atoms. The van der Waals surface area contributed by atoms with Gasteiger partial charge in [0.25, 0.3) is 10.0 Å². The lowest BCUT2D eigenvalue weighted by molar-refractivity contribution is -0.0432. The van der Waals surface area contributed by atoms with Gasteiger partial charge in [-0.05, 0) is 43.0 Å². The van der Waals surface area contributed by atoms with E-state index in [0.29, 0.717) is 53.4 Å². The third kappa shape index (κ3) is 4.65. The quantitative estimate of drug-likeness (QED) is 0.287. The van der Waals surface area contributed by atoms with Crippen molar-refractivity contribution in [1.29, 1.82) is 0 Å². The fraction of sp³-hybridized carbons (Fsp3) is 0.343. The SMILES string of the molecule is COC1(C)CCO[C@@H]2C[C@H](C[C@@H]2N)n2c(=O)n(C)c3cnc4c(c(c(-c5cn(C)nc5F)n4S(=O)(=O)c4ccccc4)-c4ccc1cc4)c32. The molecule has 1 unspecified atom stereocenters. The fourth-order valence-corrected chi connectivity index (χ4v) is 9.13. The Morgan fingerprint density at radius 2 is 1.82 bits per heavy atom. The zero-order chi connectivity index (χ0) is 34.4. The van der Waals surface area contributed by atoms with Gasteiger partial charge in [-0.25, -0.2) is 22.2 Å². The average Bonchev–Trinajstić information content (AvgIpc) is 3.81. The third-order valence-electron chi connectivity index (χ3n) is 10.3. The molecule has 12 nitrogen and oxygen atoms in total. The summed E-state index contributed by atoms with van der Waals surface area (Å²) in [5, 5.41) is 4.35. The predicted molar refractivity (Wildman–Crippen MR) is 182 cm³/mol. The number of hydrogen-bond donors (Lipinski definition) is 1. The van der Waals surface area contributed by atoms with Crippen LogP contribution in [-0.4, -0.2) is 62.2 Å². The van der Waals surface area contributed by atoms with Crippen LogP contribution in [0.5, 0.6) is 0 Å². The first-order chi connectivity index (χ1) is 23.4. The predicted octanol–water partition coefficient (Wildman–Crippen LogP) is 4.45. The summed E-state index contributed by atoms with van der Waals surface area (Å²) >= 11 is 0. The second-order valence-electron chi connectivity index (χ2n) is 13.2. The van der Waals surface area contributed by atoms with Crippen molar-refractivity contribution in [2.45, 2.75) is 54.9 Å². The lowest BCUT2D eigenvalue weighted by atomic mass is 9.90. The summed E-state index contributed by atoms with van der Waals surface area (Å²) in [4.78, 5) is 18.9. The summed E-state index contributed by atoms with van der Waals surface area (Å²) in [5.74, 6) is -0.853. The molecule has 254 valence electrons. The molecule has 2 aliphatic heterocycles. The average molecular weight is 686 g/mol. The Balaban J connectivity index is 1.60. The van der Waals surface area contributed by atoms with Crippen molar-refractivity contribution in [3.05, 3.63) is 89.0 Å². The van der Waals surface area contributed by atoms with Crippen molar-refractivity contribution in [3.8, 4) is 22.4 Å². The maximum absolute atomic E-state index is 15.9. The largest absolute Gasteiger partial charge is 0.376 e. The lowest BCUT2D eigenvalue weighted by Gasteiger charge is -2.30. The molecule has 14 heteroatoms. The maximum atomic E-state index is 15.9.